The first kappa shape index (κ1) is 20.0. The molecule has 144 valence electrons. The van der Waals surface area contributed by atoms with Crippen molar-refractivity contribution < 1.29 is 17.9 Å². The van der Waals surface area contributed by atoms with Crippen molar-refractivity contribution in [2.75, 3.05) is 0 Å². The molecule has 3 rings (SSSR count). The van der Waals surface area contributed by atoms with Crippen LogP contribution in [0.3, 0.4) is 0 Å². The van der Waals surface area contributed by atoms with Crippen LogP contribution in [0.1, 0.15) is 35.3 Å². The Hall–Kier alpha value is -2.76. The minimum atomic E-state index is -3.75. The summed E-state index contributed by atoms with van der Waals surface area (Å²) >= 11 is 0. The molecule has 0 fully saturated rings. The van der Waals surface area contributed by atoms with E-state index in [1.165, 1.54) is 18.2 Å². The lowest BCUT2D eigenvalue weighted by Gasteiger charge is -2.13. The van der Waals surface area contributed by atoms with Crippen molar-refractivity contribution in [2.45, 2.75) is 29.7 Å². The third-order valence-electron chi connectivity index (χ3n) is 4.54. The van der Waals surface area contributed by atoms with Gasteiger partial charge in [0.2, 0.25) is 9.84 Å². The molecule has 0 aliphatic carbocycles. The molecule has 3 nitrogen and oxygen atoms in total. The number of benzene rings is 3. The largest absolute Gasteiger partial charge is 0.389 e. The molecule has 0 aromatic heterocycles. The Morgan fingerprint density at radius 2 is 1.64 bits per heavy atom. The zero-order valence-corrected chi connectivity index (χ0v) is 16.4. The molecule has 0 spiro atoms. The highest BCUT2D eigenvalue weighted by Crippen LogP contribution is 2.29. The molecule has 0 heterocycles. The Kier molecular flexibility index (Phi) is 5.77. The van der Waals surface area contributed by atoms with Crippen LogP contribution in [0, 0.1) is 12.7 Å². The van der Waals surface area contributed by atoms with Gasteiger partial charge < -0.3 is 5.11 Å². The van der Waals surface area contributed by atoms with E-state index >= 15 is 0 Å². The minimum Gasteiger partial charge on any atom is -0.389 e. The summed E-state index contributed by atoms with van der Waals surface area (Å²) < 4.78 is 39.1. The fraction of sp³-hybridized carbons (Fsp3) is 0.130. The molecule has 3 aromatic carbocycles. The van der Waals surface area contributed by atoms with Crippen molar-refractivity contribution in [3.05, 3.63) is 94.8 Å². The summed E-state index contributed by atoms with van der Waals surface area (Å²) in [6, 6.07) is 17.5. The van der Waals surface area contributed by atoms with Crippen LogP contribution in [0.15, 0.2) is 76.5 Å². The van der Waals surface area contributed by atoms with E-state index in [9.17, 15) is 17.9 Å². The van der Waals surface area contributed by atoms with Gasteiger partial charge in [-0.05, 0) is 66.4 Å². The van der Waals surface area contributed by atoms with Gasteiger partial charge in [0.25, 0.3) is 0 Å². The van der Waals surface area contributed by atoms with Gasteiger partial charge >= 0.3 is 0 Å². The monoisotopic (exact) mass is 396 g/mol. The molecule has 0 bridgehead atoms. The fourth-order valence-electron chi connectivity index (χ4n) is 2.96. The normalized spacial score (nSPS) is 13.0. The molecule has 0 aliphatic rings. The molecule has 3 aromatic rings. The smallest absolute Gasteiger partial charge is 0.206 e. The van der Waals surface area contributed by atoms with Crippen molar-refractivity contribution in [1.82, 2.24) is 0 Å². The maximum atomic E-state index is 13.1. The Morgan fingerprint density at radius 3 is 2.29 bits per heavy atom. The Labute approximate surface area is 164 Å². The second-order valence-corrected chi connectivity index (χ2v) is 8.54. The molecule has 0 radical (unpaired) electrons. The summed E-state index contributed by atoms with van der Waals surface area (Å²) in [6.07, 6.45) is 2.83. The third-order valence-corrected chi connectivity index (χ3v) is 6.36. The molecule has 0 saturated carbocycles. The van der Waals surface area contributed by atoms with Crippen LogP contribution in [-0.2, 0) is 9.84 Å². The Morgan fingerprint density at radius 1 is 0.964 bits per heavy atom. The first-order chi connectivity index (χ1) is 13.3. The summed E-state index contributed by atoms with van der Waals surface area (Å²) in [7, 11) is -3.75. The molecule has 0 unspecified atom stereocenters. The summed E-state index contributed by atoms with van der Waals surface area (Å²) in [5.41, 5.74) is 2.89. The van der Waals surface area contributed by atoms with E-state index in [2.05, 4.69) is 0 Å². The van der Waals surface area contributed by atoms with E-state index in [4.69, 9.17) is 0 Å². The number of aliphatic hydroxyl groups excluding tert-OH is 1. The van der Waals surface area contributed by atoms with Crippen molar-refractivity contribution in [2.24, 2.45) is 0 Å². The average molecular weight is 396 g/mol. The van der Waals surface area contributed by atoms with Crippen LogP contribution in [0.25, 0.3) is 12.2 Å². The molecule has 0 aliphatic heterocycles. The van der Waals surface area contributed by atoms with E-state index in [0.717, 1.165) is 16.7 Å². The zero-order chi connectivity index (χ0) is 20.3. The van der Waals surface area contributed by atoms with Crippen LogP contribution in [0.4, 0.5) is 4.39 Å². The zero-order valence-electron chi connectivity index (χ0n) is 15.6. The van der Waals surface area contributed by atoms with Crippen LogP contribution in [-0.4, -0.2) is 13.5 Å². The van der Waals surface area contributed by atoms with Gasteiger partial charge in [-0.2, -0.15) is 0 Å². The van der Waals surface area contributed by atoms with Gasteiger partial charge in [-0.15, -0.1) is 0 Å². The number of hydrogen-bond acceptors (Lipinski definition) is 3. The van der Waals surface area contributed by atoms with Gasteiger partial charge in [0.1, 0.15) is 5.82 Å². The maximum Gasteiger partial charge on any atom is 0.206 e. The molecule has 1 atom stereocenters. The highest BCUT2D eigenvalue weighted by atomic mass is 32.2. The minimum absolute atomic E-state index is 0.110. The lowest BCUT2D eigenvalue weighted by atomic mass is 10.1. The molecule has 0 amide bonds. The highest BCUT2D eigenvalue weighted by molar-refractivity contribution is 7.91. The standard InChI is InChI=1S/C23H21FO3S/c1-16-15-21(28(26,27)23-6-4-3-5-22(23)17(2)25)14-11-19(16)10-7-18-8-12-20(24)13-9-18/h3-15,17,25H,1-2H3/b10-7+/t17-/m0/s1. The van der Waals surface area contributed by atoms with Gasteiger partial charge in [-0.1, -0.05) is 48.6 Å². The molecular weight excluding hydrogens is 375 g/mol. The molecule has 0 saturated heterocycles. The van der Waals surface area contributed by atoms with Gasteiger partial charge in [0.05, 0.1) is 15.9 Å². The van der Waals surface area contributed by atoms with E-state index in [1.54, 1.807) is 55.5 Å². The Bertz CT molecular complexity index is 1110. The topological polar surface area (TPSA) is 54.4 Å². The van der Waals surface area contributed by atoms with Crippen molar-refractivity contribution in [3.63, 3.8) is 0 Å². The average Bonchev–Trinajstić information content (AvgIpc) is 2.68. The van der Waals surface area contributed by atoms with Gasteiger partial charge in [0.15, 0.2) is 0 Å². The number of rotatable bonds is 5. The summed E-state index contributed by atoms with van der Waals surface area (Å²) in [4.78, 5) is 0.288. The fourth-order valence-corrected chi connectivity index (χ4v) is 4.60. The first-order valence-corrected chi connectivity index (χ1v) is 10.3. The molecular formula is C23H21FO3S. The Balaban J connectivity index is 1.95. The van der Waals surface area contributed by atoms with Crippen molar-refractivity contribution >= 4 is 22.0 Å². The van der Waals surface area contributed by atoms with Crippen molar-refractivity contribution in [1.29, 1.82) is 0 Å². The SMILES string of the molecule is Cc1cc(S(=O)(=O)c2ccccc2[C@H](C)O)ccc1/C=C/c1ccc(F)cc1. The predicted octanol–water partition coefficient (Wildman–Crippen LogP) is 5.19. The number of halogens is 1. The van der Waals surface area contributed by atoms with Crippen LogP contribution < -0.4 is 0 Å². The second-order valence-electron chi connectivity index (χ2n) is 6.62. The van der Waals surface area contributed by atoms with E-state index < -0.39 is 15.9 Å². The molecule has 5 heteroatoms. The van der Waals surface area contributed by atoms with E-state index in [0.29, 0.717) is 5.56 Å². The van der Waals surface area contributed by atoms with Crippen molar-refractivity contribution in [3.8, 4) is 0 Å². The molecule has 28 heavy (non-hydrogen) atoms. The number of aryl methyl sites for hydroxylation is 1. The van der Waals surface area contributed by atoms with Gasteiger partial charge in [-0.3, -0.25) is 0 Å². The van der Waals surface area contributed by atoms with Crippen LogP contribution in [0.2, 0.25) is 0 Å². The van der Waals surface area contributed by atoms with Crippen LogP contribution >= 0.6 is 0 Å². The third kappa shape index (κ3) is 4.21. The summed E-state index contributed by atoms with van der Waals surface area (Å²) in [6.45, 7) is 3.38. The summed E-state index contributed by atoms with van der Waals surface area (Å²) in [5, 5.41) is 9.91. The number of aliphatic hydroxyl groups is 1. The predicted molar refractivity (Wildman–Crippen MR) is 109 cm³/mol. The van der Waals surface area contributed by atoms with Crippen LogP contribution in [0.5, 0.6) is 0 Å². The second kappa shape index (κ2) is 8.09. The number of sulfone groups is 1. The highest BCUT2D eigenvalue weighted by Gasteiger charge is 2.23. The first-order valence-electron chi connectivity index (χ1n) is 8.85. The van der Waals surface area contributed by atoms with Gasteiger partial charge in [-0.25, -0.2) is 12.8 Å². The molecule has 1 N–H and O–H groups in total. The quantitative estimate of drug-likeness (QED) is 0.604. The lowest BCUT2D eigenvalue weighted by molar-refractivity contribution is 0.196. The summed E-state index contributed by atoms with van der Waals surface area (Å²) in [5.74, 6) is -0.291. The lowest BCUT2D eigenvalue weighted by Crippen LogP contribution is -2.08. The number of hydrogen-bond donors (Lipinski definition) is 1. The van der Waals surface area contributed by atoms with E-state index in [-0.39, 0.29) is 15.6 Å². The maximum absolute atomic E-state index is 13.1. The van der Waals surface area contributed by atoms with E-state index in [1.807, 2.05) is 19.1 Å². The van der Waals surface area contributed by atoms with Gasteiger partial charge in [0, 0.05) is 0 Å².